The number of fused-ring (bicyclic) bond motifs is 1. The third-order valence-electron chi connectivity index (χ3n) is 3.59. The number of oxazole rings is 1. The normalized spacial score (nSPS) is 11.0. The highest BCUT2D eigenvalue weighted by molar-refractivity contribution is 14.1. The van der Waals surface area contributed by atoms with Crippen molar-refractivity contribution in [3.8, 4) is 11.5 Å². The molecule has 0 N–H and O–H groups in total. The van der Waals surface area contributed by atoms with Crippen molar-refractivity contribution in [2.45, 2.75) is 13.8 Å². The molecule has 1 aromatic heterocycles. The highest BCUT2D eigenvalue weighted by atomic mass is 127. The Labute approximate surface area is 138 Å². The Morgan fingerprint density at radius 3 is 2.43 bits per heavy atom. The van der Waals surface area contributed by atoms with E-state index >= 15 is 0 Å². The molecular formula is C17H17IN2O. The predicted octanol–water partition coefficient (Wildman–Crippen LogP) is 4.95. The second-order valence-electron chi connectivity index (χ2n) is 4.85. The summed E-state index contributed by atoms with van der Waals surface area (Å²) in [6.45, 7) is 6.36. The van der Waals surface area contributed by atoms with E-state index in [4.69, 9.17) is 4.42 Å². The van der Waals surface area contributed by atoms with Gasteiger partial charge in [0.15, 0.2) is 5.58 Å². The largest absolute Gasteiger partial charge is 0.436 e. The molecule has 0 saturated heterocycles. The molecule has 4 heteroatoms. The van der Waals surface area contributed by atoms with Crippen molar-refractivity contribution in [1.82, 2.24) is 4.98 Å². The van der Waals surface area contributed by atoms with E-state index in [1.54, 1.807) is 0 Å². The summed E-state index contributed by atoms with van der Waals surface area (Å²) < 4.78 is 7.01. The Balaban J connectivity index is 1.95. The van der Waals surface area contributed by atoms with E-state index in [9.17, 15) is 0 Å². The average molecular weight is 392 g/mol. The molecule has 0 aliphatic heterocycles. The van der Waals surface area contributed by atoms with Crippen LogP contribution in [0.4, 0.5) is 5.69 Å². The first-order chi connectivity index (χ1) is 10.2. The van der Waals surface area contributed by atoms with E-state index in [0.717, 1.165) is 33.3 Å². The van der Waals surface area contributed by atoms with Gasteiger partial charge in [-0.2, -0.15) is 0 Å². The Hall–Kier alpha value is -1.56. The third-order valence-corrected chi connectivity index (χ3v) is 4.26. The molecule has 0 unspecified atom stereocenters. The molecule has 0 aliphatic rings. The van der Waals surface area contributed by atoms with Crippen molar-refractivity contribution < 1.29 is 4.42 Å². The highest BCUT2D eigenvalue weighted by Crippen LogP contribution is 2.27. The van der Waals surface area contributed by atoms with Crippen LogP contribution in [0.1, 0.15) is 13.8 Å². The standard InChI is InChI=1S/C17H17IN2O/c1-3-20(4-2)14-8-5-12(6-9-14)17-19-15-10-7-13(18)11-16(15)21-17/h5-11H,3-4H2,1-2H3. The number of anilines is 1. The molecular weight excluding hydrogens is 375 g/mol. The molecule has 21 heavy (non-hydrogen) atoms. The Bertz CT molecular complexity index is 745. The lowest BCUT2D eigenvalue weighted by Crippen LogP contribution is -2.21. The number of benzene rings is 2. The summed E-state index contributed by atoms with van der Waals surface area (Å²) >= 11 is 2.28. The van der Waals surface area contributed by atoms with Gasteiger partial charge in [0.25, 0.3) is 0 Å². The molecule has 3 rings (SSSR count). The maximum absolute atomic E-state index is 5.86. The first kappa shape index (κ1) is 14.4. The average Bonchev–Trinajstić information content (AvgIpc) is 2.92. The van der Waals surface area contributed by atoms with Crippen molar-refractivity contribution >= 4 is 39.4 Å². The van der Waals surface area contributed by atoms with Crippen LogP contribution in [0.2, 0.25) is 0 Å². The zero-order chi connectivity index (χ0) is 14.8. The fourth-order valence-electron chi connectivity index (χ4n) is 2.43. The van der Waals surface area contributed by atoms with Crippen LogP contribution in [-0.2, 0) is 0 Å². The summed E-state index contributed by atoms with van der Waals surface area (Å²) in [6, 6.07) is 14.4. The Morgan fingerprint density at radius 1 is 1.05 bits per heavy atom. The first-order valence-corrected chi connectivity index (χ1v) is 8.20. The van der Waals surface area contributed by atoms with E-state index in [0.29, 0.717) is 5.89 Å². The van der Waals surface area contributed by atoms with Crippen molar-refractivity contribution in [3.63, 3.8) is 0 Å². The number of rotatable bonds is 4. The minimum atomic E-state index is 0.679. The van der Waals surface area contributed by atoms with Gasteiger partial charge in [-0.1, -0.05) is 0 Å². The van der Waals surface area contributed by atoms with Crippen molar-refractivity contribution in [2.75, 3.05) is 18.0 Å². The van der Waals surface area contributed by atoms with Gasteiger partial charge in [-0.05, 0) is 78.9 Å². The minimum absolute atomic E-state index is 0.679. The molecule has 0 fully saturated rings. The zero-order valence-electron chi connectivity index (χ0n) is 12.1. The maximum atomic E-state index is 5.86. The van der Waals surface area contributed by atoms with Crippen LogP contribution in [-0.4, -0.2) is 18.1 Å². The second-order valence-corrected chi connectivity index (χ2v) is 6.10. The highest BCUT2D eigenvalue weighted by Gasteiger charge is 2.09. The van der Waals surface area contributed by atoms with Crippen LogP contribution in [0.3, 0.4) is 0 Å². The van der Waals surface area contributed by atoms with Crippen molar-refractivity contribution in [1.29, 1.82) is 0 Å². The summed E-state index contributed by atoms with van der Waals surface area (Å²) in [5.41, 5.74) is 3.98. The van der Waals surface area contributed by atoms with Crippen LogP contribution < -0.4 is 4.90 Å². The molecule has 1 heterocycles. The molecule has 0 atom stereocenters. The lowest BCUT2D eigenvalue weighted by molar-refractivity contribution is 0.619. The molecule has 0 saturated carbocycles. The number of nitrogens with zero attached hydrogens (tertiary/aromatic N) is 2. The molecule has 2 aromatic carbocycles. The van der Waals surface area contributed by atoms with Gasteiger partial charge in [-0.15, -0.1) is 0 Å². The van der Waals surface area contributed by atoms with Gasteiger partial charge in [0.2, 0.25) is 5.89 Å². The van der Waals surface area contributed by atoms with E-state index in [-0.39, 0.29) is 0 Å². The first-order valence-electron chi connectivity index (χ1n) is 7.12. The lowest BCUT2D eigenvalue weighted by Gasteiger charge is -2.20. The second kappa shape index (κ2) is 6.05. The van der Waals surface area contributed by atoms with E-state index in [1.165, 1.54) is 5.69 Å². The summed E-state index contributed by atoms with van der Waals surface area (Å²) in [6.07, 6.45) is 0. The van der Waals surface area contributed by atoms with Crippen LogP contribution in [0.5, 0.6) is 0 Å². The smallest absolute Gasteiger partial charge is 0.227 e. The topological polar surface area (TPSA) is 29.3 Å². The minimum Gasteiger partial charge on any atom is -0.436 e. The van der Waals surface area contributed by atoms with Crippen LogP contribution in [0.15, 0.2) is 46.9 Å². The van der Waals surface area contributed by atoms with Gasteiger partial charge >= 0.3 is 0 Å². The van der Waals surface area contributed by atoms with E-state index in [1.807, 2.05) is 18.2 Å². The quantitative estimate of drug-likeness (QED) is 0.589. The maximum Gasteiger partial charge on any atom is 0.227 e. The molecule has 0 amide bonds. The molecule has 0 radical (unpaired) electrons. The molecule has 0 aliphatic carbocycles. The van der Waals surface area contributed by atoms with Gasteiger partial charge < -0.3 is 9.32 Å². The zero-order valence-corrected chi connectivity index (χ0v) is 14.3. The van der Waals surface area contributed by atoms with E-state index < -0.39 is 0 Å². The monoisotopic (exact) mass is 392 g/mol. The number of hydrogen-bond acceptors (Lipinski definition) is 3. The fourth-order valence-corrected chi connectivity index (χ4v) is 2.89. The van der Waals surface area contributed by atoms with Crippen LogP contribution in [0, 0.1) is 3.57 Å². The van der Waals surface area contributed by atoms with Gasteiger partial charge in [-0.25, -0.2) is 4.98 Å². The van der Waals surface area contributed by atoms with Gasteiger partial charge in [0.1, 0.15) is 5.52 Å². The summed E-state index contributed by atoms with van der Waals surface area (Å²) in [5.74, 6) is 0.679. The molecule has 0 spiro atoms. The van der Waals surface area contributed by atoms with Crippen molar-refractivity contribution in [3.05, 3.63) is 46.0 Å². The van der Waals surface area contributed by atoms with E-state index in [2.05, 4.69) is 70.6 Å². The van der Waals surface area contributed by atoms with Crippen LogP contribution >= 0.6 is 22.6 Å². The number of hydrogen-bond donors (Lipinski definition) is 0. The van der Waals surface area contributed by atoms with Gasteiger partial charge in [0, 0.05) is 27.9 Å². The summed E-state index contributed by atoms with van der Waals surface area (Å²) in [7, 11) is 0. The van der Waals surface area contributed by atoms with Crippen LogP contribution in [0.25, 0.3) is 22.6 Å². The van der Waals surface area contributed by atoms with Gasteiger partial charge in [0.05, 0.1) is 0 Å². The van der Waals surface area contributed by atoms with Crippen molar-refractivity contribution in [2.24, 2.45) is 0 Å². The Kier molecular flexibility index (Phi) is 4.14. The number of aromatic nitrogens is 1. The molecule has 3 nitrogen and oxygen atoms in total. The molecule has 0 bridgehead atoms. The Morgan fingerprint density at radius 2 is 1.76 bits per heavy atom. The van der Waals surface area contributed by atoms with Gasteiger partial charge in [-0.3, -0.25) is 0 Å². The SMILES string of the molecule is CCN(CC)c1ccc(-c2nc3ccc(I)cc3o2)cc1. The summed E-state index contributed by atoms with van der Waals surface area (Å²) in [5, 5.41) is 0. The molecule has 108 valence electrons. The number of halogens is 1. The summed E-state index contributed by atoms with van der Waals surface area (Å²) in [4.78, 5) is 6.87. The third kappa shape index (κ3) is 2.90. The molecule has 3 aromatic rings. The predicted molar refractivity (Wildman–Crippen MR) is 95.7 cm³/mol. The fraction of sp³-hybridized carbons (Fsp3) is 0.235. The lowest BCUT2D eigenvalue weighted by atomic mass is 10.2.